The SMILES string of the molecule is CCCOCCC=C(C)S(=O)(=O)CCCCl. The van der Waals surface area contributed by atoms with Crippen molar-refractivity contribution in [2.24, 2.45) is 0 Å². The first kappa shape index (κ1) is 15.9. The maximum Gasteiger partial charge on any atom is 0.174 e. The molecule has 0 aromatic heterocycles. The van der Waals surface area contributed by atoms with Gasteiger partial charge in [-0.05, 0) is 26.2 Å². The van der Waals surface area contributed by atoms with Gasteiger partial charge in [-0.15, -0.1) is 11.6 Å². The molecule has 0 aromatic rings. The smallest absolute Gasteiger partial charge is 0.174 e. The summed E-state index contributed by atoms with van der Waals surface area (Å²) < 4.78 is 28.5. The molecule has 0 aliphatic heterocycles. The quantitative estimate of drug-likeness (QED) is 0.477. The van der Waals surface area contributed by atoms with Crippen LogP contribution in [0.15, 0.2) is 11.0 Å². The second kappa shape index (κ2) is 9.02. The topological polar surface area (TPSA) is 43.4 Å². The number of hydrogen-bond acceptors (Lipinski definition) is 3. The number of hydrogen-bond donors (Lipinski definition) is 0. The van der Waals surface area contributed by atoms with Crippen LogP contribution in [-0.2, 0) is 14.6 Å². The molecule has 0 aliphatic rings. The van der Waals surface area contributed by atoms with Gasteiger partial charge in [0, 0.05) is 17.4 Å². The molecule has 0 radical (unpaired) electrons. The van der Waals surface area contributed by atoms with Gasteiger partial charge in [0.15, 0.2) is 9.84 Å². The third-order valence-electron chi connectivity index (χ3n) is 2.08. The molecule has 0 amide bonds. The highest BCUT2D eigenvalue weighted by Crippen LogP contribution is 2.09. The van der Waals surface area contributed by atoms with Crippen LogP contribution < -0.4 is 0 Å². The molecule has 0 rings (SSSR count). The molecule has 96 valence electrons. The fourth-order valence-electron chi connectivity index (χ4n) is 1.12. The van der Waals surface area contributed by atoms with Crippen molar-refractivity contribution in [2.45, 2.75) is 33.1 Å². The van der Waals surface area contributed by atoms with Gasteiger partial charge in [-0.25, -0.2) is 8.42 Å². The molecule has 0 aliphatic carbocycles. The summed E-state index contributed by atoms with van der Waals surface area (Å²) in [6.07, 6.45) is 3.85. The van der Waals surface area contributed by atoms with Gasteiger partial charge in [-0.3, -0.25) is 0 Å². The van der Waals surface area contributed by atoms with E-state index < -0.39 is 9.84 Å². The van der Waals surface area contributed by atoms with Crippen LogP contribution in [0.1, 0.15) is 33.1 Å². The lowest BCUT2D eigenvalue weighted by Crippen LogP contribution is -2.08. The summed E-state index contributed by atoms with van der Waals surface area (Å²) in [6, 6.07) is 0. The summed E-state index contributed by atoms with van der Waals surface area (Å²) in [5.41, 5.74) is 0. The predicted molar refractivity (Wildman–Crippen MR) is 68.6 cm³/mol. The summed E-state index contributed by atoms with van der Waals surface area (Å²) in [5, 5.41) is 0. The van der Waals surface area contributed by atoms with E-state index in [0.717, 1.165) is 13.0 Å². The van der Waals surface area contributed by atoms with Crippen LogP contribution in [0.25, 0.3) is 0 Å². The summed E-state index contributed by atoms with van der Waals surface area (Å²) in [5.74, 6) is 0.515. The van der Waals surface area contributed by atoms with Gasteiger partial charge < -0.3 is 4.74 Å². The molecule has 0 aromatic carbocycles. The largest absolute Gasteiger partial charge is 0.381 e. The highest BCUT2D eigenvalue weighted by atomic mass is 35.5. The maximum absolute atomic E-state index is 11.6. The Morgan fingerprint density at radius 2 is 2.06 bits per heavy atom. The molecule has 0 bridgehead atoms. The van der Waals surface area contributed by atoms with Gasteiger partial charge in [0.1, 0.15) is 0 Å². The van der Waals surface area contributed by atoms with Gasteiger partial charge in [-0.2, -0.15) is 0 Å². The van der Waals surface area contributed by atoms with E-state index >= 15 is 0 Å². The van der Waals surface area contributed by atoms with Crippen LogP contribution in [0.2, 0.25) is 0 Å². The van der Waals surface area contributed by atoms with Crippen molar-refractivity contribution >= 4 is 21.4 Å². The Labute approximate surface area is 104 Å². The first-order chi connectivity index (χ1) is 7.54. The van der Waals surface area contributed by atoms with Crippen molar-refractivity contribution in [3.05, 3.63) is 11.0 Å². The Balaban J connectivity index is 4.00. The minimum absolute atomic E-state index is 0.134. The van der Waals surface area contributed by atoms with Crippen LogP contribution in [0.3, 0.4) is 0 Å². The number of halogens is 1. The van der Waals surface area contributed by atoms with Crippen molar-refractivity contribution in [2.75, 3.05) is 24.8 Å². The Bertz CT molecular complexity index is 296. The summed E-state index contributed by atoms with van der Waals surface area (Å²) >= 11 is 5.47. The van der Waals surface area contributed by atoms with E-state index in [1.807, 2.05) is 6.92 Å². The molecule has 0 fully saturated rings. The van der Waals surface area contributed by atoms with Gasteiger partial charge in [0.2, 0.25) is 0 Å². The maximum atomic E-state index is 11.6. The zero-order valence-electron chi connectivity index (χ0n) is 10.0. The minimum atomic E-state index is -3.09. The fourth-order valence-corrected chi connectivity index (χ4v) is 2.63. The van der Waals surface area contributed by atoms with E-state index in [-0.39, 0.29) is 5.75 Å². The standard InChI is InChI=1S/C11H21ClO3S/c1-3-8-15-9-4-6-11(2)16(13,14)10-5-7-12/h6H,3-5,7-10H2,1-2H3. The number of ether oxygens (including phenoxy) is 1. The summed E-state index contributed by atoms with van der Waals surface area (Å²) in [7, 11) is -3.09. The number of allylic oxidation sites excluding steroid dienone is 1. The molecule has 0 N–H and O–H groups in total. The Morgan fingerprint density at radius 1 is 1.38 bits per heavy atom. The second-order valence-electron chi connectivity index (χ2n) is 3.58. The first-order valence-corrected chi connectivity index (χ1v) is 7.76. The van der Waals surface area contributed by atoms with Crippen molar-refractivity contribution in [3.8, 4) is 0 Å². The van der Waals surface area contributed by atoms with Crippen LogP contribution in [0.4, 0.5) is 0 Å². The summed E-state index contributed by atoms with van der Waals surface area (Å²) in [6.45, 7) is 4.98. The monoisotopic (exact) mass is 268 g/mol. The third kappa shape index (κ3) is 7.25. The average molecular weight is 269 g/mol. The molecule has 0 unspecified atom stereocenters. The van der Waals surface area contributed by atoms with E-state index in [4.69, 9.17) is 16.3 Å². The van der Waals surface area contributed by atoms with Gasteiger partial charge >= 0.3 is 0 Å². The van der Waals surface area contributed by atoms with Crippen LogP contribution in [-0.4, -0.2) is 33.3 Å². The first-order valence-electron chi connectivity index (χ1n) is 5.57. The lowest BCUT2D eigenvalue weighted by Gasteiger charge is -2.04. The second-order valence-corrected chi connectivity index (χ2v) is 6.24. The van der Waals surface area contributed by atoms with Gasteiger partial charge in [0.05, 0.1) is 12.4 Å². The molecule has 0 heterocycles. The van der Waals surface area contributed by atoms with Crippen LogP contribution in [0.5, 0.6) is 0 Å². The van der Waals surface area contributed by atoms with Crippen molar-refractivity contribution < 1.29 is 13.2 Å². The molecular weight excluding hydrogens is 248 g/mol. The zero-order valence-corrected chi connectivity index (χ0v) is 11.6. The lowest BCUT2D eigenvalue weighted by atomic mass is 10.4. The van der Waals surface area contributed by atoms with Crippen LogP contribution >= 0.6 is 11.6 Å². The van der Waals surface area contributed by atoms with Crippen molar-refractivity contribution in [3.63, 3.8) is 0 Å². The zero-order chi connectivity index (χ0) is 12.4. The Hall–Kier alpha value is -0.0600. The molecule has 0 atom stereocenters. The predicted octanol–water partition coefficient (Wildman–Crippen LogP) is 2.75. The molecule has 0 saturated heterocycles. The number of sulfone groups is 1. The summed E-state index contributed by atoms with van der Waals surface area (Å²) in [4.78, 5) is 0.428. The molecule has 16 heavy (non-hydrogen) atoms. The Kier molecular flexibility index (Phi) is 8.99. The van der Waals surface area contributed by atoms with E-state index in [1.165, 1.54) is 0 Å². The van der Waals surface area contributed by atoms with E-state index in [2.05, 4.69) is 0 Å². The van der Waals surface area contributed by atoms with Gasteiger partial charge in [-0.1, -0.05) is 13.0 Å². The molecule has 0 spiro atoms. The highest BCUT2D eigenvalue weighted by molar-refractivity contribution is 7.95. The molecular formula is C11H21ClO3S. The van der Waals surface area contributed by atoms with E-state index in [0.29, 0.717) is 30.2 Å². The number of rotatable bonds is 9. The van der Waals surface area contributed by atoms with E-state index in [1.54, 1.807) is 13.0 Å². The van der Waals surface area contributed by atoms with Crippen LogP contribution in [0, 0.1) is 0 Å². The minimum Gasteiger partial charge on any atom is -0.381 e. The third-order valence-corrected chi connectivity index (χ3v) is 4.32. The molecule has 5 heteroatoms. The van der Waals surface area contributed by atoms with Crippen molar-refractivity contribution in [1.29, 1.82) is 0 Å². The normalized spacial score (nSPS) is 13.1. The lowest BCUT2D eigenvalue weighted by molar-refractivity contribution is 0.139. The Morgan fingerprint density at radius 3 is 2.62 bits per heavy atom. The average Bonchev–Trinajstić information content (AvgIpc) is 2.26. The fraction of sp³-hybridized carbons (Fsp3) is 0.818. The molecule has 0 saturated carbocycles. The van der Waals surface area contributed by atoms with E-state index in [9.17, 15) is 8.42 Å². The number of alkyl halides is 1. The molecule has 3 nitrogen and oxygen atoms in total. The highest BCUT2D eigenvalue weighted by Gasteiger charge is 2.11. The van der Waals surface area contributed by atoms with Crippen molar-refractivity contribution in [1.82, 2.24) is 0 Å². The van der Waals surface area contributed by atoms with Gasteiger partial charge in [0.25, 0.3) is 0 Å².